The third-order valence-corrected chi connectivity index (χ3v) is 5.40. The molecule has 150 valence electrons. The average molecular weight is 417 g/mol. The molecule has 4 rings (SSSR count). The summed E-state index contributed by atoms with van der Waals surface area (Å²) in [6, 6.07) is 3.67. The van der Waals surface area contributed by atoms with Crippen LogP contribution < -0.4 is 4.74 Å². The molecule has 1 aliphatic rings. The number of amides is 1. The van der Waals surface area contributed by atoms with E-state index in [4.69, 9.17) is 16.3 Å². The fraction of sp³-hybridized carbons (Fsp3) is 0.300. The van der Waals surface area contributed by atoms with Crippen LogP contribution in [0.2, 0.25) is 5.02 Å². The summed E-state index contributed by atoms with van der Waals surface area (Å²) in [5.41, 5.74) is 3.95. The predicted octanol–water partition coefficient (Wildman–Crippen LogP) is 3.26. The van der Waals surface area contributed by atoms with Gasteiger partial charge in [0.15, 0.2) is 11.4 Å². The molecule has 0 fully saturated rings. The Balaban J connectivity index is 1.65. The highest BCUT2D eigenvalue weighted by molar-refractivity contribution is 6.31. The predicted molar refractivity (Wildman–Crippen MR) is 104 cm³/mol. The van der Waals surface area contributed by atoms with Gasteiger partial charge in [0.1, 0.15) is 18.2 Å². The SMILES string of the molecule is CC(=O)COc1cc(F)ccc1C(=O)N1Cc2nn3c(C)c(Cl)c(C)nc3c2C1. The lowest BCUT2D eigenvalue weighted by atomic mass is 10.1. The number of benzene rings is 1. The van der Waals surface area contributed by atoms with Gasteiger partial charge in [-0.2, -0.15) is 5.10 Å². The molecule has 9 heteroatoms. The van der Waals surface area contributed by atoms with E-state index in [-0.39, 0.29) is 36.2 Å². The number of aryl methyl sites for hydroxylation is 2. The first-order valence-electron chi connectivity index (χ1n) is 9.00. The van der Waals surface area contributed by atoms with Crippen molar-refractivity contribution in [1.29, 1.82) is 0 Å². The smallest absolute Gasteiger partial charge is 0.258 e. The number of aromatic nitrogens is 3. The maximum absolute atomic E-state index is 13.6. The molecule has 29 heavy (non-hydrogen) atoms. The van der Waals surface area contributed by atoms with Gasteiger partial charge in [0, 0.05) is 11.6 Å². The first-order valence-corrected chi connectivity index (χ1v) is 9.38. The second kappa shape index (κ2) is 7.11. The minimum absolute atomic E-state index is 0.0422. The zero-order valence-electron chi connectivity index (χ0n) is 16.1. The van der Waals surface area contributed by atoms with E-state index in [1.54, 1.807) is 9.42 Å². The highest BCUT2D eigenvalue weighted by Crippen LogP contribution is 2.31. The van der Waals surface area contributed by atoms with Gasteiger partial charge in [-0.15, -0.1) is 0 Å². The topological polar surface area (TPSA) is 76.8 Å². The fourth-order valence-electron chi connectivity index (χ4n) is 3.40. The van der Waals surface area contributed by atoms with Crippen LogP contribution in [0.15, 0.2) is 18.2 Å². The second-order valence-corrected chi connectivity index (χ2v) is 7.43. The van der Waals surface area contributed by atoms with Crippen molar-refractivity contribution in [2.75, 3.05) is 6.61 Å². The lowest BCUT2D eigenvalue weighted by Gasteiger charge is -2.18. The standard InChI is InChI=1S/C20H18ClFN4O3/c1-10(27)9-29-17-6-13(22)4-5-14(17)20(28)25-7-15-16(8-25)24-26-12(3)18(21)11(2)23-19(15)26/h4-6H,7-9H2,1-3H3. The molecule has 1 amide bonds. The monoisotopic (exact) mass is 416 g/mol. The molecule has 0 N–H and O–H groups in total. The van der Waals surface area contributed by atoms with Crippen molar-refractivity contribution in [3.63, 3.8) is 0 Å². The molecular formula is C20H18ClFN4O3. The van der Waals surface area contributed by atoms with Crippen molar-refractivity contribution in [1.82, 2.24) is 19.5 Å². The molecular weight excluding hydrogens is 399 g/mol. The molecule has 3 aromatic rings. The van der Waals surface area contributed by atoms with Gasteiger partial charge >= 0.3 is 0 Å². The number of ether oxygens (including phenoxy) is 1. The van der Waals surface area contributed by atoms with Gasteiger partial charge < -0.3 is 9.64 Å². The molecule has 1 aromatic carbocycles. The number of carbonyl (C=O) groups excluding carboxylic acids is 2. The zero-order chi connectivity index (χ0) is 20.9. The van der Waals surface area contributed by atoms with Crippen molar-refractivity contribution >= 4 is 28.9 Å². The summed E-state index contributed by atoms with van der Waals surface area (Å²) in [6.45, 7) is 5.42. The summed E-state index contributed by atoms with van der Waals surface area (Å²) in [7, 11) is 0. The van der Waals surface area contributed by atoms with E-state index in [2.05, 4.69) is 10.1 Å². The van der Waals surface area contributed by atoms with Crippen molar-refractivity contribution in [3.05, 3.63) is 57.2 Å². The Hall–Kier alpha value is -3.00. The van der Waals surface area contributed by atoms with Gasteiger partial charge in [-0.1, -0.05) is 11.6 Å². The van der Waals surface area contributed by atoms with Gasteiger partial charge in [0.2, 0.25) is 0 Å². The number of Topliss-reactive ketones (excluding diaryl/α,β-unsaturated/α-hetero) is 1. The average Bonchev–Trinajstić information content (AvgIpc) is 3.23. The number of rotatable bonds is 4. The van der Waals surface area contributed by atoms with Crippen LogP contribution in [0, 0.1) is 19.7 Å². The molecule has 0 saturated carbocycles. The Labute approximate surface area is 171 Å². The molecule has 0 unspecified atom stereocenters. The Morgan fingerprint density at radius 1 is 1.28 bits per heavy atom. The molecule has 0 saturated heterocycles. The van der Waals surface area contributed by atoms with E-state index in [0.29, 0.717) is 22.9 Å². The van der Waals surface area contributed by atoms with Crippen LogP contribution in [-0.2, 0) is 17.9 Å². The van der Waals surface area contributed by atoms with Crippen molar-refractivity contribution in [2.24, 2.45) is 0 Å². The number of halogens is 2. The number of ketones is 1. The van der Waals surface area contributed by atoms with Crippen molar-refractivity contribution in [2.45, 2.75) is 33.9 Å². The number of fused-ring (bicyclic) bond motifs is 3. The second-order valence-electron chi connectivity index (χ2n) is 7.05. The summed E-state index contributed by atoms with van der Waals surface area (Å²) in [5, 5.41) is 5.12. The fourth-order valence-corrected chi connectivity index (χ4v) is 3.52. The van der Waals surface area contributed by atoms with Crippen LogP contribution >= 0.6 is 11.6 Å². The van der Waals surface area contributed by atoms with Crippen LogP contribution in [0.25, 0.3) is 5.65 Å². The third-order valence-electron chi connectivity index (χ3n) is 4.85. The Kier molecular flexibility index (Phi) is 4.74. The Morgan fingerprint density at radius 3 is 2.76 bits per heavy atom. The van der Waals surface area contributed by atoms with Crippen LogP contribution in [0.4, 0.5) is 4.39 Å². The van der Waals surface area contributed by atoms with Crippen LogP contribution in [0.3, 0.4) is 0 Å². The van der Waals surface area contributed by atoms with Gasteiger partial charge in [-0.05, 0) is 32.9 Å². The van der Waals surface area contributed by atoms with Gasteiger partial charge in [-0.3, -0.25) is 9.59 Å². The van der Waals surface area contributed by atoms with Gasteiger partial charge in [0.05, 0.1) is 40.8 Å². The number of nitrogens with zero attached hydrogens (tertiary/aromatic N) is 4. The summed E-state index contributed by atoms with van der Waals surface area (Å²) >= 11 is 6.26. The largest absolute Gasteiger partial charge is 0.485 e. The van der Waals surface area contributed by atoms with E-state index in [0.717, 1.165) is 23.0 Å². The summed E-state index contributed by atoms with van der Waals surface area (Å²) in [5.74, 6) is -1.06. The molecule has 0 spiro atoms. The number of hydrogen-bond donors (Lipinski definition) is 0. The minimum atomic E-state index is -0.547. The Bertz CT molecular complexity index is 1170. The lowest BCUT2D eigenvalue weighted by molar-refractivity contribution is -0.118. The van der Waals surface area contributed by atoms with E-state index < -0.39 is 5.82 Å². The summed E-state index contributed by atoms with van der Waals surface area (Å²) < 4.78 is 20.7. The quantitative estimate of drug-likeness (QED) is 0.652. The summed E-state index contributed by atoms with van der Waals surface area (Å²) in [4.78, 5) is 30.4. The lowest BCUT2D eigenvalue weighted by Crippen LogP contribution is -2.27. The molecule has 0 bridgehead atoms. The maximum atomic E-state index is 13.6. The van der Waals surface area contributed by atoms with Crippen molar-refractivity contribution < 1.29 is 18.7 Å². The molecule has 1 aliphatic heterocycles. The first kappa shape index (κ1) is 19.3. The Morgan fingerprint density at radius 2 is 2.03 bits per heavy atom. The van der Waals surface area contributed by atoms with Crippen molar-refractivity contribution in [3.8, 4) is 5.75 Å². The van der Waals surface area contributed by atoms with E-state index >= 15 is 0 Å². The van der Waals surface area contributed by atoms with Crippen LogP contribution in [0.5, 0.6) is 5.75 Å². The first-order chi connectivity index (χ1) is 13.8. The summed E-state index contributed by atoms with van der Waals surface area (Å²) in [6.07, 6.45) is 0. The highest BCUT2D eigenvalue weighted by Gasteiger charge is 2.31. The van der Waals surface area contributed by atoms with Gasteiger partial charge in [0.25, 0.3) is 5.91 Å². The normalized spacial score (nSPS) is 13.1. The van der Waals surface area contributed by atoms with Gasteiger partial charge in [-0.25, -0.2) is 13.9 Å². The number of hydrogen-bond acceptors (Lipinski definition) is 5. The number of carbonyl (C=O) groups is 2. The molecule has 3 heterocycles. The van der Waals surface area contributed by atoms with Crippen LogP contribution in [-0.4, -0.2) is 37.8 Å². The molecule has 0 atom stereocenters. The van der Waals surface area contributed by atoms with E-state index in [1.807, 2.05) is 13.8 Å². The maximum Gasteiger partial charge on any atom is 0.258 e. The molecule has 2 aromatic heterocycles. The van der Waals surface area contributed by atoms with E-state index in [9.17, 15) is 14.0 Å². The zero-order valence-corrected chi connectivity index (χ0v) is 16.9. The van der Waals surface area contributed by atoms with Crippen LogP contribution in [0.1, 0.15) is 39.9 Å². The minimum Gasteiger partial charge on any atom is -0.485 e. The molecule has 0 radical (unpaired) electrons. The molecule has 7 nitrogen and oxygen atoms in total. The van der Waals surface area contributed by atoms with E-state index in [1.165, 1.54) is 19.1 Å². The third kappa shape index (κ3) is 3.33. The molecule has 0 aliphatic carbocycles. The highest BCUT2D eigenvalue weighted by atomic mass is 35.5.